The van der Waals surface area contributed by atoms with E-state index in [4.69, 9.17) is 24.5 Å². The molecule has 0 radical (unpaired) electrons. The van der Waals surface area contributed by atoms with E-state index in [9.17, 15) is 4.79 Å². The number of fused-ring (bicyclic) bond motifs is 2. The van der Waals surface area contributed by atoms with Crippen LogP contribution in [0.2, 0.25) is 0 Å². The van der Waals surface area contributed by atoms with E-state index < -0.39 is 11.7 Å². The van der Waals surface area contributed by atoms with Gasteiger partial charge < -0.3 is 29.7 Å². The van der Waals surface area contributed by atoms with Crippen LogP contribution in [-0.4, -0.2) is 76.3 Å². The molecule has 2 aliphatic heterocycles. The Morgan fingerprint density at radius 3 is 2.42 bits per heavy atom. The average Bonchev–Trinajstić information content (AvgIpc) is 3.26. The van der Waals surface area contributed by atoms with Crippen LogP contribution in [-0.2, 0) is 31.3 Å². The van der Waals surface area contributed by atoms with E-state index in [0.29, 0.717) is 6.54 Å². The molecule has 1 amide bonds. The number of nitrogens with one attached hydrogen (secondary N) is 1. The first-order valence-corrected chi connectivity index (χ1v) is 10.8. The lowest BCUT2D eigenvalue weighted by molar-refractivity contribution is -0.173. The highest BCUT2D eigenvalue weighted by Crippen LogP contribution is 2.40. The van der Waals surface area contributed by atoms with Crippen LogP contribution in [0.15, 0.2) is 12.4 Å². The number of nitrogens with zero attached hydrogens (tertiary/aromatic N) is 3. The minimum atomic E-state index is -0.420. The van der Waals surface area contributed by atoms with E-state index in [-0.39, 0.29) is 18.9 Å². The number of amides is 1. The summed E-state index contributed by atoms with van der Waals surface area (Å²) in [6, 6.07) is 0. The minimum Gasteiger partial charge on any atom is -0.483 e. The van der Waals surface area contributed by atoms with Crippen molar-refractivity contribution < 1.29 is 29.3 Å². The van der Waals surface area contributed by atoms with Crippen LogP contribution >= 0.6 is 0 Å². The lowest BCUT2D eigenvalue weighted by Gasteiger charge is -2.46. The predicted molar refractivity (Wildman–Crippen MR) is 112 cm³/mol. The van der Waals surface area contributed by atoms with Gasteiger partial charge in [0.05, 0.1) is 6.54 Å². The van der Waals surface area contributed by atoms with Gasteiger partial charge in [0, 0.05) is 39.1 Å². The maximum Gasteiger partial charge on any atom is 0.290 e. The maximum atomic E-state index is 12.2. The number of carboxylic acid groups (broad SMARTS) is 2. The van der Waals surface area contributed by atoms with Gasteiger partial charge in [-0.2, -0.15) is 0 Å². The van der Waals surface area contributed by atoms with Crippen LogP contribution in [0.5, 0.6) is 0 Å². The highest BCUT2D eigenvalue weighted by Gasteiger charge is 2.47. The van der Waals surface area contributed by atoms with Gasteiger partial charge in [0.25, 0.3) is 18.9 Å². The quantitative estimate of drug-likeness (QED) is 0.601. The molecule has 1 atom stereocenters. The zero-order chi connectivity index (χ0) is 22.7. The van der Waals surface area contributed by atoms with Gasteiger partial charge in [0.15, 0.2) is 6.10 Å². The number of hydrogen-bond acceptors (Lipinski definition) is 6. The molecule has 1 unspecified atom stereocenters. The Morgan fingerprint density at radius 1 is 1.23 bits per heavy atom. The van der Waals surface area contributed by atoms with Crippen molar-refractivity contribution in [2.24, 2.45) is 5.92 Å². The Morgan fingerprint density at radius 2 is 1.84 bits per heavy atom. The fraction of sp³-hybridized carbons (Fsp3) is 0.714. The first kappa shape index (κ1) is 24.8. The zero-order valence-electron chi connectivity index (χ0n) is 18.1. The highest BCUT2D eigenvalue weighted by atomic mass is 16.5. The fourth-order valence-corrected chi connectivity index (χ4v) is 4.87. The molecule has 0 aromatic carbocycles. The minimum absolute atomic E-state index is 0.0386. The molecule has 1 aliphatic carbocycles. The first-order chi connectivity index (χ1) is 15.0. The number of ether oxygens (including phenoxy) is 1. The van der Waals surface area contributed by atoms with Crippen LogP contribution < -0.4 is 5.32 Å². The van der Waals surface area contributed by atoms with Crippen molar-refractivity contribution in [1.29, 1.82) is 0 Å². The second-order valence-corrected chi connectivity index (χ2v) is 8.13. The van der Waals surface area contributed by atoms with Crippen LogP contribution in [0.4, 0.5) is 0 Å². The van der Waals surface area contributed by atoms with E-state index in [1.54, 1.807) is 7.05 Å². The van der Waals surface area contributed by atoms with Gasteiger partial charge in [-0.15, -0.1) is 0 Å². The van der Waals surface area contributed by atoms with Crippen LogP contribution in [0, 0.1) is 5.92 Å². The van der Waals surface area contributed by atoms with E-state index in [1.165, 1.54) is 38.6 Å². The highest BCUT2D eigenvalue weighted by molar-refractivity contribution is 5.80. The molecule has 174 valence electrons. The molecule has 3 aliphatic rings. The molecule has 4 rings (SSSR count). The second-order valence-electron chi connectivity index (χ2n) is 8.13. The number of carbonyl (C=O) groups is 3. The Balaban J connectivity index is 0.000000513. The number of rotatable bonds is 3. The summed E-state index contributed by atoms with van der Waals surface area (Å²) in [5, 5.41) is 16.5. The molecule has 1 spiro atoms. The summed E-state index contributed by atoms with van der Waals surface area (Å²) in [5.41, 5.74) is -0.401. The van der Waals surface area contributed by atoms with Crippen molar-refractivity contribution in [3.05, 3.63) is 18.2 Å². The molecule has 31 heavy (non-hydrogen) atoms. The standard InChI is InChI=1S/C19H30N4O2.2CH2O2/c1-20-17(24)16-14-23-12-9-21-18(23)19(25-16)7-10-22(11-8-19)13-15-5-3-2-4-6-15;2*2-1-3/h9,12,15-16H,2-8,10-11,13-14H2,1H3,(H,20,24);2*1H,(H,2,3). The van der Waals surface area contributed by atoms with Crippen molar-refractivity contribution in [3.8, 4) is 0 Å². The van der Waals surface area contributed by atoms with Crippen molar-refractivity contribution in [2.75, 3.05) is 26.7 Å². The maximum absolute atomic E-state index is 12.2. The topological polar surface area (TPSA) is 134 Å². The van der Waals surface area contributed by atoms with Gasteiger partial charge in [-0.05, 0) is 31.6 Å². The van der Waals surface area contributed by atoms with Gasteiger partial charge in [-0.3, -0.25) is 14.4 Å². The summed E-state index contributed by atoms with van der Waals surface area (Å²) in [7, 11) is 1.68. The number of likely N-dealkylation sites (N-methyl/N-ethyl adjacent to an activating group) is 1. The van der Waals surface area contributed by atoms with E-state index >= 15 is 0 Å². The first-order valence-electron chi connectivity index (χ1n) is 10.8. The van der Waals surface area contributed by atoms with Crippen molar-refractivity contribution in [1.82, 2.24) is 19.8 Å². The summed E-state index contributed by atoms with van der Waals surface area (Å²) in [6.45, 7) is 3.35. The molecule has 10 nitrogen and oxygen atoms in total. The third-order valence-electron chi connectivity index (χ3n) is 6.30. The lowest BCUT2D eigenvalue weighted by Crippen LogP contribution is -2.54. The molecule has 0 bridgehead atoms. The van der Waals surface area contributed by atoms with Crippen LogP contribution in [0.25, 0.3) is 0 Å². The third-order valence-corrected chi connectivity index (χ3v) is 6.30. The molecular weight excluding hydrogens is 404 g/mol. The Labute approximate surface area is 182 Å². The Hall–Kier alpha value is -2.46. The van der Waals surface area contributed by atoms with Crippen molar-refractivity contribution >= 4 is 18.9 Å². The van der Waals surface area contributed by atoms with Crippen LogP contribution in [0.3, 0.4) is 0 Å². The van der Waals surface area contributed by atoms with E-state index in [0.717, 1.165) is 37.7 Å². The molecule has 1 aromatic rings. The second kappa shape index (κ2) is 12.4. The molecule has 1 saturated carbocycles. The monoisotopic (exact) mass is 438 g/mol. The average molecular weight is 439 g/mol. The number of likely N-dealkylation sites (tertiary alicyclic amines) is 1. The molecule has 1 saturated heterocycles. The fourth-order valence-electron chi connectivity index (χ4n) is 4.87. The third kappa shape index (κ3) is 6.51. The molecule has 2 fully saturated rings. The molecule has 3 N–H and O–H groups in total. The largest absolute Gasteiger partial charge is 0.483 e. The van der Waals surface area contributed by atoms with Gasteiger partial charge in [0.2, 0.25) is 0 Å². The molecule has 3 heterocycles. The summed E-state index contributed by atoms with van der Waals surface area (Å²) >= 11 is 0. The van der Waals surface area contributed by atoms with Crippen LogP contribution in [0.1, 0.15) is 50.8 Å². The Bertz CT molecular complexity index is 690. The van der Waals surface area contributed by atoms with Gasteiger partial charge >= 0.3 is 0 Å². The number of hydrogen-bond donors (Lipinski definition) is 3. The molecule has 10 heteroatoms. The van der Waals surface area contributed by atoms with Gasteiger partial charge in [-0.1, -0.05) is 19.3 Å². The van der Waals surface area contributed by atoms with Gasteiger partial charge in [-0.25, -0.2) is 4.98 Å². The summed E-state index contributed by atoms with van der Waals surface area (Å²) in [6.07, 6.45) is 12.2. The Kier molecular flexibility index (Phi) is 9.93. The van der Waals surface area contributed by atoms with Gasteiger partial charge in [0.1, 0.15) is 11.4 Å². The van der Waals surface area contributed by atoms with E-state index in [1.807, 2.05) is 12.4 Å². The van der Waals surface area contributed by atoms with E-state index in [2.05, 4.69) is 19.8 Å². The zero-order valence-corrected chi connectivity index (χ0v) is 18.1. The lowest BCUT2D eigenvalue weighted by atomic mass is 9.85. The number of carbonyl (C=O) groups excluding carboxylic acids is 1. The van der Waals surface area contributed by atoms with Crippen molar-refractivity contribution in [3.63, 3.8) is 0 Å². The number of imidazole rings is 1. The SMILES string of the molecule is CNC(=O)C1Cn2ccnc2C2(CCN(CC3CCCCC3)CC2)O1.O=CO.O=CO. The summed E-state index contributed by atoms with van der Waals surface area (Å²) in [4.78, 5) is 36.1. The molecular formula is C21H34N4O6. The summed E-state index contributed by atoms with van der Waals surface area (Å²) in [5.74, 6) is 1.84. The molecule has 1 aromatic heterocycles. The predicted octanol–water partition coefficient (Wildman–Crippen LogP) is 1.30. The number of aromatic nitrogens is 2. The normalized spacial score (nSPS) is 22.7. The number of piperidine rings is 1. The smallest absolute Gasteiger partial charge is 0.290 e. The van der Waals surface area contributed by atoms with Crippen molar-refractivity contribution in [2.45, 2.75) is 63.2 Å². The summed E-state index contributed by atoms with van der Waals surface area (Å²) < 4.78 is 8.48.